The summed E-state index contributed by atoms with van der Waals surface area (Å²) in [6.07, 6.45) is 3.28. The first kappa shape index (κ1) is 20.9. The van der Waals surface area contributed by atoms with E-state index in [1.165, 1.54) is 0 Å². The number of aromatic hydroxyl groups is 1. The third-order valence-electron chi connectivity index (χ3n) is 5.58. The van der Waals surface area contributed by atoms with Crippen molar-refractivity contribution in [3.05, 3.63) is 22.3 Å². The molecule has 0 aromatic heterocycles. The second kappa shape index (κ2) is 9.01. The molecule has 148 valence electrons. The molecule has 0 unspecified atom stereocenters. The van der Waals surface area contributed by atoms with Gasteiger partial charge in [0.05, 0.1) is 6.10 Å². The van der Waals surface area contributed by atoms with Crippen LogP contribution in [0.15, 0.2) is 0 Å². The second-order valence-corrected chi connectivity index (χ2v) is 7.58. The Hall–Kier alpha value is -1.39. The van der Waals surface area contributed by atoms with E-state index in [1.807, 2.05) is 20.8 Å². The summed E-state index contributed by atoms with van der Waals surface area (Å²) >= 11 is 0. The van der Waals surface area contributed by atoms with Crippen molar-refractivity contribution in [2.24, 2.45) is 0 Å². The molecule has 0 spiro atoms. The minimum absolute atomic E-state index is 0.203. The van der Waals surface area contributed by atoms with Gasteiger partial charge in [0.25, 0.3) is 0 Å². The van der Waals surface area contributed by atoms with Crippen LogP contribution in [0.3, 0.4) is 0 Å². The largest absolute Gasteiger partial charge is 0.507 e. The van der Waals surface area contributed by atoms with Crippen LogP contribution in [0.25, 0.3) is 0 Å². The van der Waals surface area contributed by atoms with E-state index >= 15 is 0 Å². The molecule has 0 saturated carbocycles. The van der Waals surface area contributed by atoms with Crippen LogP contribution in [0.5, 0.6) is 11.5 Å². The highest BCUT2D eigenvalue weighted by molar-refractivity contribution is 5.58. The molecule has 1 atom stereocenters. The van der Waals surface area contributed by atoms with Gasteiger partial charge in [0.15, 0.2) is 0 Å². The number of halogens is 3. The smallest absolute Gasteiger partial charge is 0.389 e. The van der Waals surface area contributed by atoms with E-state index < -0.39 is 12.6 Å². The monoisotopic (exact) mass is 372 g/mol. The van der Waals surface area contributed by atoms with Gasteiger partial charge in [-0.1, -0.05) is 25.7 Å². The van der Waals surface area contributed by atoms with Crippen LogP contribution >= 0.6 is 0 Å². The van der Waals surface area contributed by atoms with E-state index in [-0.39, 0.29) is 12.5 Å². The van der Waals surface area contributed by atoms with Crippen molar-refractivity contribution in [2.75, 3.05) is 0 Å². The Morgan fingerprint density at radius 2 is 1.54 bits per heavy atom. The maximum atomic E-state index is 12.1. The molecule has 1 N–H and O–H groups in total. The lowest BCUT2D eigenvalue weighted by Gasteiger charge is -2.30. The molecule has 0 aliphatic carbocycles. The van der Waals surface area contributed by atoms with E-state index in [9.17, 15) is 18.3 Å². The van der Waals surface area contributed by atoms with Crippen LogP contribution in [-0.4, -0.2) is 17.4 Å². The van der Waals surface area contributed by atoms with Gasteiger partial charge in [0.2, 0.25) is 0 Å². The first-order chi connectivity index (χ1) is 12.2. The predicted molar refractivity (Wildman–Crippen MR) is 98.0 cm³/mol. The van der Waals surface area contributed by atoms with Crippen LogP contribution in [0.2, 0.25) is 0 Å². The fourth-order valence-electron chi connectivity index (χ4n) is 3.77. The number of phenolic OH excluding ortho intramolecular Hbond substituents is 1. The zero-order valence-corrected chi connectivity index (χ0v) is 16.1. The maximum Gasteiger partial charge on any atom is 0.389 e. The van der Waals surface area contributed by atoms with Gasteiger partial charge in [-0.15, -0.1) is 0 Å². The number of benzene rings is 1. The summed E-state index contributed by atoms with van der Waals surface area (Å²) in [5, 5.41) is 10.2. The van der Waals surface area contributed by atoms with Gasteiger partial charge < -0.3 is 9.84 Å². The highest BCUT2D eigenvalue weighted by atomic mass is 19.4. The van der Waals surface area contributed by atoms with Gasteiger partial charge in [-0.25, -0.2) is 0 Å². The highest BCUT2D eigenvalue weighted by Gasteiger charge is 2.26. The van der Waals surface area contributed by atoms with E-state index in [1.54, 1.807) is 0 Å². The molecule has 0 radical (unpaired) electrons. The quantitative estimate of drug-likeness (QED) is 0.515. The Kier molecular flexibility index (Phi) is 7.24. The molecular weight excluding hydrogens is 341 g/mol. The van der Waals surface area contributed by atoms with E-state index in [2.05, 4.69) is 0 Å². The first-order valence-electron chi connectivity index (χ1n) is 9.75. The van der Waals surface area contributed by atoms with Crippen molar-refractivity contribution in [1.82, 2.24) is 0 Å². The molecule has 26 heavy (non-hydrogen) atoms. The molecule has 1 aromatic rings. The summed E-state index contributed by atoms with van der Waals surface area (Å²) in [7, 11) is 0. The topological polar surface area (TPSA) is 29.5 Å². The fraction of sp³-hybridized carbons (Fsp3) is 0.714. The van der Waals surface area contributed by atoms with Gasteiger partial charge in [-0.2, -0.15) is 13.2 Å². The summed E-state index contributed by atoms with van der Waals surface area (Å²) in [6, 6.07) is 0. The molecule has 0 bridgehead atoms. The standard InChI is InChI=1S/C21H31F3O2/c1-14-15(2)20-18(16(3)19(14)25)12-11-17(26-20)10-8-6-4-5-7-9-13-21(22,23)24/h17,25H,4-13H2,1-3H3/t17-/m1/s1. The summed E-state index contributed by atoms with van der Waals surface area (Å²) in [4.78, 5) is 0. The van der Waals surface area contributed by atoms with Gasteiger partial charge in [-0.05, 0) is 69.6 Å². The van der Waals surface area contributed by atoms with Gasteiger partial charge in [-0.3, -0.25) is 0 Å². The Labute approximate surface area is 154 Å². The Morgan fingerprint density at radius 3 is 2.19 bits per heavy atom. The summed E-state index contributed by atoms with van der Waals surface area (Å²) in [6.45, 7) is 5.86. The molecule has 1 aliphatic rings. The van der Waals surface area contributed by atoms with Gasteiger partial charge in [0.1, 0.15) is 11.5 Å². The zero-order valence-electron chi connectivity index (χ0n) is 16.1. The number of hydrogen-bond acceptors (Lipinski definition) is 2. The van der Waals surface area contributed by atoms with Crippen LogP contribution in [0, 0.1) is 20.8 Å². The normalized spacial score (nSPS) is 17.1. The van der Waals surface area contributed by atoms with E-state index in [4.69, 9.17) is 4.74 Å². The number of ether oxygens (including phenoxy) is 1. The minimum atomic E-state index is -4.01. The average molecular weight is 372 g/mol. The maximum absolute atomic E-state index is 12.1. The molecule has 5 heteroatoms. The van der Waals surface area contributed by atoms with Crippen molar-refractivity contribution in [3.63, 3.8) is 0 Å². The van der Waals surface area contributed by atoms with Crippen molar-refractivity contribution >= 4 is 0 Å². The van der Waals surface area contributed by atoms with Crippen molar-refractivity contribution in [3.8, 4) is 11.5 Å². The SMILES string of the molecule is Cc1c(C)c2c(c(C)c1O)CC[C@@H](CCCCCCCCC(F)(F)F)O2. The summed E-state index contributed by atoms with van der Waals surface area (Å²) in [5.41, 5.74) is 3.98. The van der Waals surface area contributed by atoms with Crippen molar-refractivity contribution in [2.45, 2.75) is 97.3 Å². The van der Waals surface area contributed by atoms with E-state index in [0.29, 0.717) is 12.2 Å². The zero-order chi connectivity index (χ0) is 19.3. The molecule has 0 amide bonds. The average Bonchev–Trinajstić information content (AvgIpc) is 2.59. The number of alkyl halides is 3. The number of phenols is 1. The molecule has 0 saturated heterocycles. The van der Waals surface area contributed by atoms with Crippen LogP contribution < -0.4 is 4.74 Å². The van der Waals surface area contributed by atoms with Crippen LogP contribution in [-0.2, 0) is 6.42 Å². The number of hydrogen-bond donors (Lipinski definition) is 1. The van der Waals surface area contributed by atoms with E-state index in [0.717, 1.165) is 72.9 Å². The molecule has 0 fully saturated rings. The summed E-state index contributed by atoms with van der Waals surface area (Å²) < 4.78 is 42.4. The fourth-order valence-corrected chi connectivity index (χ4v) is 3.77. The van der Waals surface area contributed by atoms with Crippen LogP contribution in [0.1, 0.15) is 80.0 Å². The third kappa shape index (κ3) is 5.55. The Bertz CT molecular complexity index is 608. The Morgan fingerprint density at radius 1 is 0.923 bits per heavy atom. The number of fused-ring (bicyclic) bond motifs is 1. The first-order valence-corrected chi connectivity index (χ1v) is 9.75. The van der Waals surface area contributed by atoms with Crippen LogP contribution in [0.4, 0.5) is 13.2 Å². The van der Waals surface area contributed by atoms with Gasteiger partial charge >= 0.3 is 6.18 Å². The molecule has 2 rings (SSSR count). The summed E-state index contributed by atoms with van der Waals surface area (Å²) in [5.74, 6) is 1.33. The third-order valence-corrected chi connectivity index (χ3v) is 5.58. The Balaban J connectivity index is 1.70. The lowest BCUT2D eigenvalue weighted by atomic mass is 9.90. The molecular formula is C21H31F3O2. The number of unbranched alkanes of at least 4 members (excludes halogenated alkanes) is 5. The molecule has 2 nitrogen and oxygen atoms in total. The number of rotatable bonds is 8. The van der Waals surface area contributed by atoms with Gasteiger partial charge in [0, 0.05) is 12.0 Å². The minimum Gasteiger partial charge on any atom is -0.507 e. The van der Waals surface area contributed by atoms with Crippen molar-refractivity contribution < 1.29 is 23.0 Å². The molecule has 1 heterocycles. The van der Waals surface area contributed by atoms with Crippen molar-refractivity contribution in [1.29, 1.82) is 0 Å². The lowest BCUT2D eigenvalue weighted by Crippen LogP contribution is -2.24. The lowest BCUT2D eigenvalue weighted by molar-refractivity contribution is -0.135. The second-order valence-electron chi connectivity index (χ2n) is 7.58. The highest BCUT2D eigenvalue weighted by Crippen LogP contribution is 2.41. The predicted octanol–water partition coefficient (Wildman–Crippen LogP) is 6.69. The molecule has 1 aliphatic heterocycles. The molecule has 1 aromatic carbocycles.